The summed E-state index contributed by atoms with van der Waals surface area (Å²) in [6.07, 6.45) is -0.366. The van der Waals surface area contributed by atoms with Gasteiger partial charge in [0.15, 0.2) is 6.10 Å². The molecule has 4 nitrogen and oxygen atoms in total. The lowest BCUT2D eigenvalue weighted by molar-refractivity contribution is 0.176. The van der Waals surface area contributed by atoms with Gasteiger partial charge in [-0.15, -0.1) is 0 Å². The summed E-state index contributed by atoms with van der Waals surface area (Å²) >= 11 is 9.33. The standard InChI is InChI=1S/C16H12BrClN2O2/c1-10(21-14-4-2-3-13(18)9-14)16-19-15(20-22-16)11-5-7-12(17)8-6-11/h2-10H,1H3/t10-/m0/s1. The van der Waals surface area contributed by atoms with Crippen molar-refractivity contribution in [3.63, 3.8) is 0 Å². The van der Waals surface area contributed by atoms with E-state index < -0.39 is 0 Å². The second-order valence-electron chi connectivity index (χ2n) is 4.68. The van der Waals surface area contributed by atoms with Crippen molar-refractivity contribution in [1.82, 2.24) is 10.1 Å². The molecule has 0 aliphatic carbocycles. The highest BCUT2D eigenvalue weighted by Crippen LogP contribution is 2.25. The average molecular weight is 380 g/mol. The van der Waals surface area contributed by atoms with E-state index in [1.165, 1.54) is 0 Å². The van der Waals surface area contributed by atoms with Crippen molar-refractivity contribution < 1.29 is 9.26 Å². The Morgan fingerprint density at radius 1 is 1.18 bits per heavy atom. The van der Waals surface area contributed by atoms with Crippen LogP contribution in [0.3, 0.4) is 0 Å². The van der Waals surface area contributed by atoms with Gasteiger partial charge in [-0.3, -0.25) is 0 Å². The minimum Gasteiger partial charge on any atom is -0.481 e. The predicted octanol–water partition coefficient (Wildman–Crippen LogP) is 5.29. The van der Waals surface area contributed by atoms with Crippen molar-refractivity contribution in [2.75, 3.05) is 0 Å². The molecule has 0 saturated heterocycles. The number of nitrogens with zero attached hydrogens (tertiary/aromatic N) is 2. The first-order valence-corrected chi connectivity index (χ1v) is 7.81. The maximum Gasteiger partial charge on any atom is 0.267 e. The maximum atomic E-state index is 5.94. The van der Waals surface area contributed by atoms with Crippen LogP contribution in [-0.2, 0) is 0 Å². The Kier molecular flexibility index (Phi) is 4.45. The van der Waals surface area contributed by atoms with Gasteiger partial charge in [-0.05, 0) is 49.4 Å². The highest BCUT2D eigenvalue weighted by atomic mass is 79.9. The van der Waals surface area contributed by atoms with Gasteiger partial charge < -0.3 is 9.26 Å². The molecule has 3 rings (SSSR count). The van der Waals surface area contributed by atoms with Gasteiger partial charge in [0.1, 0.15) is 5.75 Å². The molecule has 0 N–H and O–H groups in total. The van der Waals surface area contributed by atoms with E-state index in [1.54, 1.807) is 12.1 Å². The van der Waals surface area contributed by atoms with Gasteiger partial charge in [0, 0.05) is 15.1 Å². The SMILES string of the molecule is C[C@H](Oc1cccc(Cl)c1)c1nc(-c2ccc(Br)cc2)no1. The van der Waals surface area contributed by atoms with Crippen LogP contribution in [0.1, 0.15) is 18.9 Å². The average Bonchev–Trinajstić information content (AvgIpc) is 2.98. The normalized spacial score (nSPS) is 12.1. The Hall–Kier alpha value is -1.85. The van der Waals surface area contributed by atoms with Crippen molar-refractivity contribution in [2.45, 2.75) is 13.0 Å². The van der Waals surface area contributed by atoms with E-state index in [2.05, 4.69) is 26.1 Å². The van der Waals surface area contributed by atoms with Crippen molar-refractivity contribution >= 4 is 27.5 Å². The molecule has 0 aliphatic rings. The molecule has 0 amide bonds. The van der Waals surface area contributed by atoms with E-state index in [9.17, 15) is 0 Å². The summed E-state index contributed by atoms with van der Waals surface area (Å²) in [5.74, 6) is 1.60. The third-order valence-corrected chi connectivity index (χ3v) is 3.76. The topological polar surface area (TPSA) is 48.2 Å². The van der Waals surface area contributed by atoms with E-state index in [1.807, 2.05) is 43.3 Å². The highest BCUT2D eigenvalue weighted by Gasteiger charge is 2.17. The van der Waals surface area contributed by atoms with E-state index >= 15 is 0 Å². The largest absolute Gasteiger partial charge is 0.481 e. The summed E-state index contributed by atoms with van der Waals surface area (Å²) in [6.45, 7) is 1.85. The third-order valence-electron chi connectivity index (χ3n) is 3.00. The molecule has 0 saturated carbocycles. The number of ether oxygens (including phenoxy) is 1. The number of aromatic nitrogens is 2. The van der Waals surface area contributed by atoms with Crippen LogP contribution in [0.5, 0.6) is 5.75 Å². The van der Waals surface area contributed by atoms with Crippen molar-refractivity contribution in [1.29, 1.82) is 0 Å². The smallest absolute Gasteiger partial charge is 0.267 e. The Balaban J connectivity index is 1.76. The quantitative estimate of drug-likeness (QED) is 0.618. The van der Waals surface area contributed by atoms with Crippen LogP contribution in [-0.4, -0.2) is 10.1 Å². The molecule has 1 heterocycles. The van der Waals surface area contributed by atoms with Gasteiger partial charge in [-0.25, -0.2) is 0 Å². The van der Waals surface area contributed by atoms with E-state index in [-0.39, 0.29) is 6.10 Å². The van der Waals surface area contributed by atoms with Crippen LogP contribution in [0.15, 0.2) is 57.5 Å². The fraction of sp³-hybridized carbons (Fsp3) is 0.125. The highest BCUT2D eigenvalue weighted by molar-refractivity contribution is 9.10. The molecule has 1 aromatic heterocycles. The molecular formula is C16H12BrClN2O2. The summed E-state index contributed by atoms with van der Waals surface area (Å²) in [5, 5.41) is 4.61. The van der Waals surface area contributed by atoms with Gasteiger partial charge in [0.2, 0.25) is 5.82 Å². The zero-order chi connectivity index (χ0) is 15.5. The van der Waals surface area contributed by atoms with Crippen molar-refractivity contribution in [3.05, 3.63) is 63.9 Å². The van der Waals surface area contributed by atoms with Crippen LogP contribution in [0.2, 0.25) is 5.02 Å². The molecule has 3 aromatic rings. The predicted molar refractivity (Wildman–Crippen MR) is 87.9 cm³/mol. The first-order valence-electron chi connectivity index (χ1n) is 6.63. The zero-order valence-corrected chi connectivity index (χ0v) is 14.0. The van der Waals surface area contributed by atoms with Gasteiger partial charge in [0.05, 0.1) is 0 Å². The lowest BCUT2D eigenvalue weighted by Crippen LogP contribution is -2.03. The number of rotatable bonds is 4. The van der Waals surface area contributed by atoms with Crippen LogP contribution in [0.25, 0.3) is 11.4 Å². The third kappa shape index (κ3) is 3.48. The molecule has 0 aliphatic heterocycles. The minimum atomic E-state index is -0.366. The fourth-order valence-corrected chi connectivity index (χ4v) is 2.36. The van der Waals surface area contributed by atoms with Crippen molar-refractivity contribution in [2.24, 2.45) is 0 Å². The van der Waals surface area contributed by atoms with Crippen LogP contribution >= 0.6 is 27.5 Å². The molecule has 0 radical (unpaired) electrons. The van der Waals surface area contributed by atoms with E-state index in [0.717, 1.165) is 10.0 Å². The monoisotopic (exact) mass is 378 g/mol. The van der Waals surface area contributed by atoms with Crippen molar-refractivity contribution in [3.8, 4) is 17.1 Å². The maximum absolute atomic E-state index is 5.94. The number of benzene rings is 2. The lowest BCUT2D eigenvalue weighted by atomic mass is 10.2. The van der Waals surface area contributed by atoms with Gasteiger partial charge >= 0.3 is 0 Å². The molecule has 6 heteroatoms. The molecule has 1 atom stereocenters. The van der Waals surface area contributed by atoms with Gasteiger partial charge in [-0.1, -0.05) is 38.8 Å². The minimum absolute atomic E-state index is 0.366. The van der Waals surface area contributed by atoms with E-state index in [0.29, 0.717) is 22.5 Å². The van der Waals surface area contributed by atoms with Crippen LogP contribution in [0, 0.1) is 0 Å². The van der Waals surface area contributed by atoms with Crippen LogP contribution < -0.4 is 4.74 Å². The second kappa shape index (κ2) is 6.50. The molecule has 22 heavy (non-hydrogen) atoms. The summed E-state index contributed by atoms with van der Waals surface area (Å²) in [4.78, 5) is 4.38. The Morgan fingerprint density at radius 3 is 2.68 bits per heavy atom. The number of hydrogen-bond acceptors (Lipinski definition) is 4. The molecule has 0 unspecified atom stereocenters. The summed E-state index contributed by atoms with van der Waals surface area (Å²) in [7, 11) is 0. The molecule has 2 aromatic carbocycles. The second-order valence-corrected chi connectivity index (χ2v) is 6.03. The summed E-state index contributed by atoms with van der Waals surface area (Å²) < 4.78 is 12.0. The Labute approximate surface area is 141 Å². The van der Waals surface area contributed by atoms with Gasteiger partial charge in [0.25, 0.3) is 5.89 Å². The first kappa shape index (κ1) is 15.1. The Bertz CT molecular complexity index is 774. The van der Waals surface area contributed by atoms with Gasteiger partial charge in [-0.2, -0.15) is 4.98 Å². The number of hydrogen-bond donors (Lipinski definition) is 0. The molecule has 0 fully saturated rings. The lowest BCUT2D eigenvalue weighted by Gasteiger charge is -2.10. The Morgan fingerprint density at radius 2 is 1.95 bits per heavy atom. The summed E-state index contributed by atoms with van der Waals surface area (Å²) in [6, 6.07) is 14.9. The molecule has 112 valence electrons. The number of halogens is 2. The molecular weight excluding hydrogens is 368 g/mol. The zero-order valence-electron chi connectivity index (χ0n) is 11.7. The van der Waals surface area contributed by atoms with E-state index in [4.69, 9.17) is 20.9 Å². The first-order chi connectivity index (χ1) is 10.6. The molecule has 0 spiro atoms. The molecule has 0 bridgehead atoms. The fourth-order valence-electron chi connectivity index (χ4n) is 1.91. The summed E-state index contributed by atoms with van der Waals surface area (Å²) in [5.41, 5.74) is 0.883. The van der Waals surface area contributed by atoms with Crippen LogP contribution in [0.4, 0.5) is 0 Å².